The van der Waals surface area contributed by atoms with E-state index in [4.69, 9.17) is 11.6 Å². The summed E-state index contributed by atoms with van der Waals surface area (Å²) in [4.78, 5) is 25.9. The number of carbonyl (C=O) groups is 1. The van der Waals surface area contributed by atoms with E-state index in [9.17, 15) is 9.00 Å². The molecule has 2 heterocycles. The lowest BCUT2D eigenvalue weighted by Gasteiger charge is -2.10. The number of rotatable bonds is 6. The van der Waals surface area contributed by atoms with Crippen molar-refractivity contribution in [2.45, 2.75) is 23.3 Å². The van der Waals surface area contributed by atoms with E-state index in [0.717, 1.165) is 0 Å². The zero-order valence-electron chi connectivity index (χ0n) is 17.7. The number of halogens is 1. The fraction of sp³-hybridized carbons (Fsp3) is 0.0833. The van der Waals surface area contributed by atoms with Gasteiger partial charge in [-0.15, -0.1) is 0 Å². The lowest BCUT2D eigenvalue weighted by molar-refractivity contribution is 0.262. The molecule has 0 saturated carbocycles. The normalized spacial score (nSPS) is 11.6. The average molecular weight is 478 g/mol. The summed E-state index contributed by atoms with van der Waals surface area (Å²) in [7, 11) is -1.53. The van der Waals surface area contributed by atoms with Gasteiger partial charge in [-0.1, -0.05) is 18.5 Å². The Labute approximate surface area is 198 Å². The summed E-state index contributed by atoms with van der Waals surface area (Å²) in [6.07, 6.45) is 4.00. The largest absolute Gasteiger partial charge is 0.323 e. The van der Waals surface area contributed by atoms with Crippen molar-refractivity contribution in [3.63, 3.8) is 0 Å². The third-order valence-corrected chi connectivity index (χ3v) is 6.30. The predicted octanol–water partition coefficient (Wildman–Crippen LogP) is 5.57. The van der Waals surface area contributed by atoms with Gasteiger partial charge in [0.2, 0.25) is 0 Å². The molecule has 33 heavy (non-hydrogen) atoms. The van der Waals surface area contributed by atoms with Crippen LogP contribution in [0.15, 0.2) is 89.0 Å². The molecule has 0 spiro atoms. The van der Waals surface area contributed by atoms with E-state index in [1.165, 1.54) is 0 Å². The second kappa shape index (κ2) is 10.3. The van der Waals surface area contributed by atoms with Crippen molar-refractivity contribution in [3.05, 3.63) is 90.0 Å². The zero-order chi connectivity index (χ0) is 23.2. The van der Waals surface area contributed by atoms with E-state index in [0.29, 0.717) is 49.8 Å². The third-order valence-electron chi connectivity index (χ3n) is 4.67. The van der Waals surface area contributed by atoms with Gasteiger partial charge in [0.25, 0.3) is 0 Å². The molecule has 1 atom stereocenters. The van der Waals surface area contributed by atoms with Gasteiger partial charge in [0.05, 0.1) is 5.69 Å². The van der Waals surface area contributed by atoms with Crippen molar-refractivity contribution < 1.29 is 9.00 Å². The standard InChI is InChI=1S/C24H20ClN5O2S/c1-2-22-26-15-13-21(30-22)20-4-3-14-27-23(20)33(32)19-11-9-18(10-12-19)29-24(31)28-17-7-5-16(25)6-8-17/h3-15H,2H2,1H3,(H2,28,29,31). The Balaban J connectivity index is 1.50. The second-order valence-electron chi connectivity index (χ2n) is 6.95. The summed E-state index contributed by atoms with van der Waals surface area (Å²) >= 11 is 5.86. The molecule has 0 bridgehead atoms. The molecule has 0 saturated heterocycles. The first-order valence-electron chi connectivity index (χ1n) is 10.2. The third kappa shape index (κ3) is 5.60. The van der Waals surface area contributed by atoms with Crippen molar-refractivity contribution in [2.75, 3.05) is 10.6 Å². The fourth-order valence-corrected chi connectivity index (χ4v) is 4.31. The minimum Gasteiger partial charge on any atom is -0.308 e. The van der Waals surface area contributed by atoms with Crippen LogP contribution in [0.3, 0.4) is 0 Å². The number of aromatic nitrogens is 3. The molecule has 0 aliphatic carbocycles. The molecule has 2 N–H and O–H groups in total. The lowest BCUT2D eigenvalue weighted by Crippen LogP contribution is -2.19. The van der Waals surface area contributed by atoms with Crippen LogP contribution < -0.4 is 10.6 Å². The van der Waals surface area contributed by atoms with E-state index >= 15 is 0 Å². The average Bonchev–Trinajstić information content (AvgIpc) is 2.85. The molecule has 2 aromatic carbocycles. The highest BCUT2D eigenvalue weighted by Gasteiger charge is 2.16. The molecule has 166 valence electrons. The Bertz CT molecular complexity index is 1300. The Kier molecular flexibility index (Phi) is 7.07. The number of hydrogen-bond acceptors (Lipinski definition) is 5. The van der Waals surface area contributed by atoms with Crippen molar-refractivity contribution in [2.24, 2.45) is 0 Å². The highest BCUT2D eigenvalue weighted by molar-refractivity contribution is 7.85. The van der Waals surface area contributed by atoms with E-state index < -0.39 is 16.8 Å². The highest BCUT2D eigenvalue weighted by Crippen LogP contribution is 2.26. The molecule has 0 fully saturated rings. The van der Waals surface area contributed by atoms with Gasteiger partial charge in [0, 0.05) is 45.7 Å². The van der Waals surface area contributed by atoms with Gasteiger partial charge in [-0.05, 0) is 66.7 Å². The molecule has 0 aliphatic rings. The van der Waals surface area contributed by atoms with Gasteiger partial charge in [0.1, 0.15) is 21.6 Å². The molecule has 7 nitrogen and oxygen atoms in total. The van der Waals surface area contributed by atoms with E-state index in [-0.39, 0.29) is 0 Å². The second-order valence-corrected chi connectivity index (χ2v) is 8.78. The molecule has 4 aromatic rings. The van der Waals surface area contributed by atoms with Crippen LogP contribution in [-0.4, -0.2) is 25.2 Å². The van der Waals surface area contributed by atoms with Crippen LogP contribution in [0.5, 0.6) is 0 Å². The van der Waals surface area contributed by atoms with Gasteiger partial charge in [-0.25, -0.2) is 24.0 Å². The number of amides is 2. The summed E-state index contributed by atoms with van der Waals surface area (Å²) < 4.78 is 13.3. The van der Waals surface area contributed by atoms with Gasteiger partial charge >= 0.3 is 6.03 Å². The smallest absolute Gasteiger partial charge is 0.308 e. The predicted molar refractivity (Wildman–Crippen MR) is 130 cm³/mol. The Hall–Kier alpha value is -3.62. The first-order chi connectivity index (χ1) is 16.0. The quantitative estimate of drug-likeness (QED) is 0.378. The minimum absolute atomic E-state index is 0.395. The summed E-state index contributed by atoms with van der Waals surface area (Å²) in [5, 5.41) is 6.48. The summed E-state index contributed by atoms with van der Waals surface area (Å²) in [5.74, 6) is 0.709. The number of urea groups is 1. The van der Waals surface area contributed by atoms with Crippen molar-refractivity contribution in [3.8, 4) is 11.3 Å². The highest BCUT2D eigenvalue weighted by atomic mass is 35.5. The van der Waals surface area contributed by atoms with Crippen LogP contribution >= 0.6 is 11.6 Å². The van der Waals surface area contributed by atoms with Crippen LogP contribution in [0.1, 0.15) is 12.7 Å². The minimum atomic E-state index is -1.53. The maximum Gasteiger partial charge on any atom is 0.323 e. The van der Waals surface area contributed by atoms with Gasteiger partial charge in [-0.2, -0.15) is 0 Å². The monoisotopic (exact) mass is 477 g/mol. The van der Waals surface area contributed by atoms with Crippen LogP contribution in [-0.2, 0) is 17.2 Å². The first-order valence-corrected chi connectivity index (χ1v) is 11.7. The van der Waals surface area contributed by atoms with E-state index in [1.54, 1.807) is 73.1 Å². The summed E-state index contributed by atoms with van der Waals surface area (Å²) in [6, 6.07) is 18.6. The Morgan fingerprint density at radius 1 is 0.909 bits per heavy atom. The maximum absolute atomic E-state index is 13.3. The molecule has 0 aliphatic heterocycles. The maximum atomic E-state index is 13.3. The zero-order valence-corrected chi connectivity index (χ0v) is 19.2. The van der Waals surface area contributed by atoms with Gasteiger partial charge in [0.15, 0.2) is 0 Å². The van der Waals surface area contributed by atoms with Crippen LogP contribution in [0.2, 0.25) is 5.02 Å². The van der Waals surface area contributed by atoms with Gasteiger partial charge in [-0.3, -0.25) is 0 Å². The molecule has 1 unspecified atom stereocenters. The molecular formula is C24H20ClN5O2S. The van der Waals surface area contributed by atoms with Crippen LogP contribution in [0, 0.1) is 0 Å². The Morgan fingerprint density at radius 2 is 1.58 bits per heavy atom. The number of nitrogens with one attached hydrogen (secondary N) is 2. The summed E-state index contributed by atoms with van der Waals surface area (Å²) in [5.41, 5.74) is 2.55. The molecule has 2 amide bonds. The SMILES string of the molecule is CCc1nccc(-c2cccnc2S(=O)c2ccc(NC(=O)Nc3ccc(Cl)cc3)cc2)n1. The number of carbonyl (C=O) groups excluding carboxylic acids is 1. The molecular weight excluding hydrogens is 458 g/mol. The van der Waals surface area contributed by atoms with Crippen molar-refractivity contribution in [1.29, 1.82) is 0 Å². The van der Waals surface area contributed by atoms with Crippen molar-refractivity contribution >= 4 is 39.8 Å². The van der Waals surface area contributed by atoms with Gasteiger partial charge < -0.3 is 10.6 Å². The van der Waals surface area contributed by atoms with E-state index in [1.807, 2.05) is 13.0 Å². The number of pyridine rings is 1. The summed E-state index contributed by atoms with van der Waals surface area (Å²) in [6.45, 7) is 1.98. The molecule has 9 heteroatoms. The molecule has 0 radical (unpaired) electrons. The van der Waals surface area contributed by atoms with Crippen LogP contribution in [0.25, 0.3) is 11.3 Å². The van der Waals surface area contributed by atoms with Crippen LogP contribution in [0.4, 0.5) is 16.2 Å². The molecule has 4 rings (SSSR count). The number of hydrogen-bond donors (Lipinski definition) is 2. The Morgan fingerprint density at radius 3 is 2.24 bits per heavy atom. The fourth-order valence-electron chi connectivity index (χ4n) is 3.05. The number of aryl methyl sites for hydroxylation is 1. The van der Waals surface area contributed by atoms with Crippen molar-refractivity contribution in [1.82, 2.24) is 15.0 Å². The lowest BCUT2D eigenvalue weighted by atomic mass is 10.2. The number of anilines is 2. The molecule has 2 aromatic heterocycles. The van der Waals surface area contributed by atoms with E-state index in [2.05, 4.69) is 25.6 Å². The number of benzene rings is 2. The first kappa shape index (κ1) is 22.6. The topological polar surface area (TPSA) is 96.9 Å². The number of nitrogens with zero attached hydrogens (tertiary/aromatic N) is 3.